The number of hydrogen-bond donors (Lipinski definition) is 2. The van der Waals surface area contributed by atoms with E-state index in [1.165, 1.54) is 79.6 Å². The second kappa shape index (κ2) is 12.3. The molecule has 0 spiro atoms. The first-order valence-corrected chi connectivity index (χ1v) is 14.8. The third kappa shape index (κ3) is 6.12. The van der Waals surface area contributed by atoms with Crippen LogP contribution in [0.2, 0.25) is 0 Å². The maximum atomic E-state index is 5.91. The summed E-state index contributed by atoms with van der Waals surface area (Å²) in [6.07, 6.45) is 6.64. The molecule has 0 atom stereocenters. The van der Waals surface area contributed by atoms with Crippen LogP contribution in [-0.4, -0.2) is 0 Å². The summed E-state index contributed by atoms with van der Waals surface area (Å²) in [5.41, 5.74) is 33.8. The van der Waals surface area contributed by atoms with Gasteiger partial charge in [-0.15, -0.1) is 0 Å². The molecule has 4 rings (SSSR count). The number of benzene rings is 4. The van der Waals surface area contributed by atoms with E-state index in [1.807, 2.05) is 24.3 Å². The molecule has 4 N–H and O–H groups in total. The third-order valence-electron chi connectivity index (χ3n) is 9.70. The van der Waals surface area contributed by atoms with Gasteiger partial charge in [-0.2, -0.15) is 0 Å². The Labute approximate surface area is 242 Å². The lowest BCUT2D eigenvalue weighted by atomic mass is 9.83. The van der Waals surface area contributed by atoms with Crippen molar-refractivity contribution in [2.24, 2.45) is 0 Å². The van der Waals surface area contributed by atoms with Crippen LogP contribution in [0.1, 0.15) is 90.7 Å². The fraction of sp³-hybridized carbons (Fsp3) is 0.368. The van der Waals surface area contributed by atoms with Gasteiger partial charge in [0, 0.05) is 11.4 Å². The van der Waals surface area contributed by atoms with Gasteiger partial charge >= 0.3 is 0 Å². The van der Waals surface area contributed by atoms with Crippen LogP contribution in [0.4, 0.5) is 11.4 Å². The number of nitrogens with two attached hydrogens (primary N) is 2. The van der Waals surface area contributed by atoms with Gasteiger partial charge in [-0.1, -0.05) is 24.3 Å². The number of anilines is 2. The molecule has 2 heteroatoms. The van der Waals surface area contributed by atoms with E-state index in [9.17, 15) is 0 Å². The van der Waals surface area contributed by atoms with Crippen molar-refractivity contribution in [3.05, 3.63) is 126 Å². The molecule has 2 nitrogen and oxygen atoms in total. The Morgan fingerprint density at radius 2 is 0.625 bits per heavy atom. The summed E-state index contributed by atoms with van der Waals surface area (Å²) in [6, 6.07) is 16.7. The Balaban J connectivity index is 1.47. The summed E-state index contributed by atoms with van der Waals surface area (Å²) >= 11 is 0. The molecule has 0 aliphatic carbocycles. The maximum absolute atomic E-state index is 5.91. The van der Waals surface area contributed by atoms with Gasteiger partial charge in [-0.05, 0) is 196 Å². The van der Waals surface area contributed by atoms with Gasteiger partial charge in [-0.25, -0.2) is 0 Å². The van der Waals surface area contributed by atoms with Gasteiger partial charge in [0.2, 0.25) is 0 Å². The van der Waals surface area contributed by atoms with Crippen molar-refractivity contribution < 1.29 is 0 Å². The van der Waals surface area contributed by atoms with Crippen molar-refractivity contribution >= 4 is 11.4 Å². The first-order valence-electron chi connectivity index (χ1n) is 14.8. The molecule has 0 unspecified atom stereocenters. The van der Waals surface area contributed by atoms with Crippen LogP contribution in [0.5, 0.6) is 0 Å². The molecule has 0 fully saturated rings. The van der Waals surface area contributed by atoms with Crippen LogP contribution in [0.3, 0.4) is 0 Å². The standard InChI is InChI=1S/C38H48N2/c1-23-27(5)37(21-31-13-17-33(39)18-14-31)28(6)24(2)35(23)11-9-10-12-36-25(3)29(7)38(30(8)26(36)4)22-32-15-19-34(40)20-16-32/h13-20H,9-12,21-22,39-40H2,1-8H3. The van der Waals surface area contributed by atoms with E-state index in [2.05, 4.69) is 79.7 Å². The van der Waals surface area contributed by atoms with Crippen LogP contribution >= 0.6 is 0 Å². The fourth-order valence-electron chi connectivity index (χ4n) is 6.50. The molecule has 4 aromatic rings. The maximum Gasteiger partial charge on any atom is 0.0314 e. The normalized spacial score (nSPS) is 11.3. The topological polar surface area (TPSA) is 52.0 Å². The second-order valence-electron chi connectivity index (χ2n) is 12.0. The molecular weight excluding hydrogens is 484 g/mol. The van der Waals surface area contributed by atoms with Gasteiger partial charge in [0.05, 0.1) is 0 Å². The van der Waals surface area contributed by atoms with Crippen molar-refractivity contribution in [2.45, 2.75) is 93.9 Å². The Kier molecular flexibility index (Phi) is 9.08. The van der Waals surface area contributed by atoms with Gasteiger partial charge in [0.1, 0.15) is 0 Å². The molecule has 0 aromatic heterocycles. The van der Waals surface area contributed by atoms with Crippen molar-refractivity contribution in [1.29, 1.82) is 0 Å². The van der Waals surface area contributed by atoms with E-state index < -0.39 is 0 Å². The number of hydrogen-bond acceptors (Lipinski definition) is 2. The summed E-state index contributed by atoms with van der Waals surface area (Å²) in [7, 11) is 0. The predicted octanol–water partition coefficient (Wildman–Crippen LogP) is 9.07. The Morgan fingerprint density at radius 3 is 0.900 bits per heavy atom. The molecule has 210 valence electrons. The number of unbranched alkanes of at least 4 members (excludes halogenated alkanes) is 1. The van der Waals surface area contributed by atoms with Crippen LogP contribution in [0.15, 0.2) is 48.5 Å². The molecule has 0 saturated heterocycles. The lowest BCUT2D eigenvalue weighted by Crippen LogP contribution is -2.08. The summed E-state index contributed by atoms with van der Waals surface area (Å²) in [5.74, 6) is 0. The number of rotatable bonds is 9. The van der Waals surface area contributed by atoms with Gasteiger partial charge in [-0.3, -0.25) is 0 Å². The molecule has 0 saturated carbocycles. The summed E-state index contributed by atoms with van der Waals surface area (Å²) in [5, 5.41) is 0. The van der Waals surface area contributed by atoms with Crippen molar-refractivity contribution in [3.8, 4) is 0 Å². The minimum absolute atomic E-state index is 0.824. The molecule has 0 radical (unpaired) electrons. The Hall–Kier alpha value is -3.52. The van der Waals surface area contributed by atoms with Gasteiger partial charge in [0.15, 0.2) is 0 Å². The van der Waals surface area contributed by atoms with E-state index in [4.69, 9.17) is 11.5 Å². The summed E-state index contributed by atoms with van der Waals surface area (Å²) in [6.45, 7) is 18.5. The highest BCUT2D eigenvalue weighted by molar-refractivity contribution is 5.54. The smallest absolute Gasteiger partial charge is 0.0314 e. The molecular formula is C38H48N2. The van der Waals surface area contributed by atoms with E-state index >= 15 is 0 Å². The van der Waals surface area contributed by atoms with Crippen molar-refractivity contribution in [3.63, 3.8) is 0 Å². The third-order valence-corrected chi connectivity index (χ3v) is 9.70. The SMILES string of the molecule is Cc1c(C)c(Cc2ccc(N)cc2)c(C)c(C)c1CCCCc1c(C)c(C)c(Cc2ccc(N)cc2)c(C)c1C. The molecule has 0 aliphatic rings. The lowest BCUT2D eigenvalue weighted by Gasteiger charge is -2.22. The van der Waals surface area contributed by atoms with Crippen molar-refractivity contribution in [2.75, 3.05) is 11.5 Å². The average Bonchev–Trinajstić information content (AvgIpc) is 2.94. The largest absolute Gasteiger partial charge is 0.399 e. The Bertz CT molecular complexity index is 1330. The highest BCUT2D eigenvalue weighted by Crippen LogP contribution is 2.32. The van der Waals surface area contributed by atoms with Gasteiger partial charge < -0.3 is 11.5 Å². The number of nitrogen functional groups attached to an aromatic ring is 2. The average molecular weight is 533 g/mol. The first kappa shape index (κ1) is 29.5. The zero-order valence-electron chi connectivity index (χ0n) is 26.0. The lowest BCUT2D eigenvalue weighted by molar-refractivity contribution is 0.721. The van der Waals surface area contributed by atoms with E-state index in [-0.39, 0.29) is 0 Å². The second-order valence-corrected chi connectivity index (χ2v) is 12.0. The van der Waals surface area contributed by atoms with E-state index in [1.54, 1.807) is 11.1 Å². The monoisotopic (exact) mass is 532 g/mol. The van der Waals surface area contributed by atoms with E-state index in [0.29, 0.717) is 0 Å². The predicted molar refractivity (Wildman–Crippen MR) is 175 cm³/mol. The molecule has 4 aromatic carbocycles. The molecule has 40 heavy (non-hydrogen) atoms. The minimum Gasteiger partial charge on any atom is -0.399 e. The molecule has 0 heterocycles. The quantitative estimate of drug-likeness (QED) is 0.167. The molecule has 0 aliphatic heterocycles. The van der Waals surface area contributed by atoms with Crippen LogP contribution < -0.4 is 11.5 Å². The zero-order chi connectivity index (χ0) is 29.1. The summed E-state index contributed by atoms with van der Waals surface area (Å²) < 4.78 is 0. The first-order chi connectivity index (χ1) is 19.0. The Morgan fingerprint density at radius 1 is 0.375 bits per heavy atom. The van der Waals surface area contributed by atoms with Crippen LogP contribution in [-0.2, 0) is 25.7 Å². The molecule has 0 bridgehead atoms. The van der Waals surface area contributed by atoms with E-state index in [0.717, 1.165) is 37.1 Å². The highest BCUT2D eigenvalue weighted by atomic mass is 14.5. The summed E-state index contributed by atoms with van der Waals surface area (Å²) in [4.78, 5) is 0. The highest BCUT2D eigenvalue weighted by Gasteiger charge is 2.17. The zero-order valence-corrected chi connectivity index (χ0v) is 26.0. The van der Waals surface area contributed by atoms with Crippen molar-refractivity contribution in [1.82, 2.24) is 0 Å². The van der Waals surface area contributed by atoms with Crippen LogP contribution in [0.25, 0.3) is 0 Å². The van der Waals surface area contributed by atoms with Gasteiger partial charge in [0.25, 0.3) is 0 Å². The van der Waals surface area contributed by atoms with Crippen LogP contribution in [0, 0.1) is 55.4 Å². The fourth-order valence-corrected chi connectivity index (χ4v) is 6.50. The minimum atomic E-state index is 0.824. The molecule has 0 amide bonds.